The average Bonchev–Trinajstić information content (AvgIpc) is 2.58. The topological polar surface area (TPSA) is 44.3 Å². The van der Waals surface area contributed by atoms with Crippen molar-refractivity contribution in [2.75, 3.05) is 42.9 Å². The van der Waals surface area contributed by atoms with Crippen molar-refractivity contribution in [2.24, 2.45) is 0 Å². The van der Waals surface area contributed by atoms with Crippen LogP contribution in [0.25, 0.3) is 0 Å². The quantitative estimate of drug-likeness (QED) is 0.934. The highest BCUT2D eigenvalue weighted by molar-refractivity contribution is 5.61. The van der Waals surface area contributed by atoms with Gasteiger partial charge in [-0.15, -0.1) is 0 Å². The first-order valence-corrected chi connectivity index (χ1v) is 8.72. The molecule has 0 aliphatic carbocycles. The third-order valence-electron chi connectivity index (χ3n) is 4.75. The maximum atomic E-state index is 4.64. The number of likely N-dealkylation sites (N-methyl/N-ethyl adjacent to an activating group) is 1. The molecule has 1 aromatic heterocycles. The molecule has 1 aromatic carbocycles. The van der Waals surface area contributed by atoms with Crippen molar-refractivity contribution in [3.63, 3.8) is 0 Å². The van der Waals surface area contributed by atoms with Gasteiger partial charge in [-0.1, -0.05) is 13.0 Å². The van der Waals surface area contributed by atoms with E-state index in [2.05, 4.69) is 70.1 Å². The third kappa shape index (κ3) is 3.85. The van der Waals surface area contributed by atoms with Gasteiger partial charge in [-0.05, 0) is 50.6 Å². The molecule has 0 amide bonds. The summed E-state index contributed by atoms with van der Waals surface area (Å²) in [4.78, 5) is 14.0. The van der Waals surface area contributed by atoms with E-state index < -0.39 is 0 Å². The normalized spacial score (nSPS) is 15.6. The van der Waals surface area contributed by atoms with Gasteiger partial charge in [0.25, 0.3) is 0 Å². The van der Waals surface area contributed by atoms with Crippen LogP contribution in [-0.2, 0) is 0 Å². The van der Waals surface area contributed by atoms with Gasteiger partial charge in [0, 0.05) is 37.9 Å². The lowest BCUT2D eigenvalue weighted by Crippen LogP contribution is -2.46. The van der Waals surface area contributed by atoms with Crippen LogP contribution in [0.2, 0.25) is 0 Å². The summed E-state index contributed by atoms with van der Waals surface area (Å²) in [7, 11) is 0. The molecule has 1 fully saturated rings. The molecule has 1 aliphatic rings. The average molecular weight is 325 g/mol. The zero-order chi connectivity index (χ0) is 17.1. The number of anilines is 3. The van der Waals surface area contributed by atoms with Crippen LogP contribution in [0.5, 0.6) is 0 Å². The smallest absolute Gasteiger partial charge is 0.136 e. The van der Waals surface area contributed by atoms with Crippen molar-refractivity contribution in [1.29, 1.82) is 0 Å². The lowest BCUT2D eigenvalue weighted by atomic mass is 10.1. The molecule has 3 rings (SSSR count). The lowest BCUT2D eigenvalue weighted by Gasteiger charge is -2.34. The SMILES string of the molecule is CCN1CCN(c2cc(Nc3ccc(C)c(C)c3)nc(C)n2)CC1. The van der Waals surface area contributed by atoms with Gasteiger partial charge in [-0.3, -0.25) is 0 Å². The van der Waals surface area contributed by atoms with Crippen LogP contribution in [0.1, 0.15) is 23.9 Å². The highest BCUT2D eigenvalue weighted by Crippen LogP contribution is 2.22. The third-order valence-corrected chi connectivity index (χ3v) is 4.75. The van der Waals surface area contributed by atoms with E-state index in [1.807, 2.05) is 6.92 Å². The maximum Gasteiger partial charge on any atom is 0.136 e. The fourth-order valence-corrected chi connectivity index (χ4v) is 3.04. The summed E-state index contributed by atoms with van der Waals surface area (Å²) < 4.78 is 0. The Labute approximate surface area is 144 Å². The molecule has 0 spiro atoms. The maximum absolute atomic E-state index is 4.64. The molecule has 2 heterocycles. The van der Waals surface area contributed by atoms with Crippen LogP contribution in [0.15, 0.2) is 24.3 Å². The van der Waals surface area contributed by atoms with Crippen LogP contribution < -0.4 is 10.2 Å². The van der Waals surface area contributed by atoms with Crippen molar-refractivity contribution in [3.05, 3.63) is 41.2 Å². The molecule has 0 bridgehead atoms. The van der Waals surface area contributed by atoms with Gasteiger partial charge in [0.15, 0.2) is 0 Å². The molecule has 1 aliphatic heterocycles. The molecule has 0 unspecified atom stereocenters. The van der Waals surface area contributed by atoms with Crippen LogP contribution in [0.4, 0.5) is 17.3 Å². The minimum atomic E-state index is 0.803. The Morgan fingerprint density at radius 3 is 2.38 bits per heavy atom. The molecule has 0 atom stereocenters. The summed E-state index contributed by atoms with van der Waals surface area (Å²) in [5, 5.41) is 3.42. The van der Waals surface area contributed by atoms with Crippen molar-refractivity contribution in [2.45, 2.75) is 27.7 Å². The molecule has 5 heteroatoms. The Kier molecular flexibility index (Phi) is 5.00. The van der Waals surface area contributed by atoms with Gasteiger partial charge >= 0.3 is 0 Å². The fourth-order valence-electron chi connectivity index (χ4n) is 3.04. The first-order chi connectivity index (χ1) is 11.5. The molecule has 5 nitrogen and oxygen atoms in total. The number of hydrogen-bond donors (Lipinski definition) is 1. The number of nitrogens with zero attached hydrogens (tertiary/aromatic N) is 4. The van der Waals surface area contributed by atoms with Gasteiger partial charge in [0.05, 0.1) is 0 Å². The van der Waals surface area contributed by atoms with Crippen molar-refractivity contribution in [1.82, 2.24) is 14.9 Å². The number of nitrogens with one attached hydrogen (secondary N) is 1. The molecule has 0 saturated carbocycles. The first kappa shape index (κ1) is 16.7. The van der Waals surface area contributed by atoms with Crippen LogP contribution in [0, 0.1) is 20.8 Å². The van der Waals surface area contributed by atoms with Gasteiger partial charge in [0.1, 0.15) is 17.5 Å². The van der Waals surface area contributed by atoms with Crippen LogP contribution >= 0.6 is 0 Å². The second-order valence-corrected chi connectivity index (χ2v) is 6.50. The first-order valence-electron chi connectivity index (χ1n) is 8.72. The highest BCUT2D eigenvalue weighted by Gasteiger charge is 2.17. The van der Waals surface area contributed by atoms with E-state index in [0.29, 0.717) is 0 Å². The molecule has 1 N–H and O–H groups in total. The minimum Gasteiger partial charge on any atom is -0.354 e. The molecule has 2 aromatic rings. The largest absolute Gasteiger partial charge is 0.354 e. The Balaban J connectivity index is 1.77. The predicted molar refractivity (Wildman–Crippen MR) is 100 cm³/mol. The van der Waals surface area contributed by atoms with E-state index in [9.17, 15) is 0 Å². The molecule has 24 heavy (non-hydrogen) atoms. The standard InChI is InChI=1S/C19H27N5/c1-5-23-8-10-24(11-9-23)19-13-18(20-16(4)21-19)22-17-7-6-14(2)15(3)12-17/h6-7,12-13H,5,8-11H2,1-4H3,(H,20,21,22). The van der Waals surface area contributed by atoms with Crippen molar-refractivity contribution >= 4 is 17.3 Å². The number of benzene rings is 1. The number of hydrogen-bond acceptors (Lipinski definition) is 5. The predicted octanol–water partition coefficient (Wildman–Crippen LogP) is 3.29. The number of aromatic nitrogens is 2. The van der Waals surface area contributed by atoms with Gasteiger partial charge in [0.2, 0.25) is 0 Å². The van der Waals surface area contributed by atoms with Gasteiger partial charge in [-0.25, -0.2) is 9.97 Å². The summed E-state index contributed by atoms with van der Waals surface area (Å²) in [5.41, 5.74) is 3.65. The number of rotatable bonds is 4. The highest BCUT2D eigenvalue weighted by atomic mass is 15.3. The minimum absolute atomic E-state index is 0.803. The summed E-state index contributed by atoms with van der Waals surface area (Å²) in [6.07, 6.45) is 0. The summed E-state index contributed by atoms with van der Waals surface area (Å²) >= 11 is 0. The van der Waals surface area contributed by atoms with Crippen LogP contribution in [-0.4, -0.2) is 47.6 Å². The Morgan fingerprint density at radius 2 is 1.71 bits per heavy atom. The van der Waals surface area contributed by atoms with E-state index >= 15 is 0 Å². The summed E-state index contributed by atoms with van der Waals surface area (Å²) in [6.45, 7) is 13.8. The molecule has 1 saturated heterocycles. The zero-order valence-corrected chi connectivity index (χ0v) is 15.1. The second-order valence-electron chi connectivity index (χ2n) is 6.50. The van der Waals surface area contributed by atoms with Crippen molar-refractivity contribution in [3.8, 4) is 0 Å². The molecule has 0 radical (unpaired) electrons. The summed E-state index contributed by atoms with van der Waals surface area (Å²) in [5.74, 6) is 2.68. The van der Waals surface area contributed by atoms with Crippen LogP contribution in [0.3, 0.4) is 0 Å². The monoisotopic (exact) mass is 325 g/mol. The van der Waals surface area contributed by atoms with E-state index in [-0.39, 0.29) is 0 Å². The van der Waals surface area contributed by atoms with Gasteiger partial charge in [-0.2, -0.15) is 0 Å². The Morgan fingerprint density at radius 1 is 0.958 bits per heavy atom. The lowest BCUT2D eigenvalue weighted by molar-refractivity contribution is 0.270. The summed E-state index contributed by atoms with van der Waals surface area (Å²) in [6, 6.07) is 8.45. The van der Waals surface area contributed by atoms with E-state index in [0.717, 1.165) is 55.9 Å². The number of piperazine rings is 1. The van der Waals surface area contributed by atoms with Gasteiger partial charge < -0.3 is 15.1 Å². The second kappa shape index (κ2) is 7.18. The fraction of sp³-hybridized carbons (Fsp3) is 0.474. The molecule has 128 valence electrons. The van der Waals surface area contributed by atoms with Crippen molar-refractivity contribution < 1.29 is 0 Å². The Bertz CT molecular complexity index is 705. The van der Waals surface area contributed by atoms with E-state index in [1.54, 1.807) is 0 Å². The number of aryl methyl sites for hydroxylation is 3. The molecular weight excluding hydrogens is 298 g/mol. The van der Waals surface area contributed by atoms with E-state index in [4.69, 9.17) is 0 Å². The molecular formula is C19H27N5. The zero-order valence-electron chi connectivity index (χ0n) is 15.1. The Hall–Kier alpha value is -2.14. The van der Waals surface area contributed by atoms with E-state index in [1.165, 1.54) is 11.1 Å².